The van der Waals surface area contributed by atoms with Gasteiger partial charge in [0.25, 0.3) is 0 Å². The first-order valence-electron chi connectivity index (χ1n) is 8.44. The zero-order chi connectivity index (χ0) is 19.4. The maximum Gasteiger partial charge on any atom is 0.308 e. The third-order valence-corrected chi connectivity index (χ3v) is 4.30. The second-order valence-corrected chi connectivity index (χ2v) is 6.61. The topological polar surface area (TPSA) is 86.7 Å². The minimum Gasteiger partial charge on any atom is -0.481 e. The summed E-state index contributed by atoms with van der Waals surface area (Å²) >= 11 is 0. The van der Waals surface area contributed by atoms with Gasteiger partial charge < -0.3 is 15.3 Å². The zero-order valence-electron chi connectivity index (χ0n) is 14.7. The van der Waals surface area contributed by atoms with Gasteiger partial charge >= 0.3 is 5.97 Å². The standard InChI is InChI=1S/C18H22F2N2O4/c1-10(18(25)26)9-22(12-6-7-12)16(24)8-15(21-11(2)23)17-13(19)4-3-5-14(17)20/h3-5,10,12,15H,6-9H2,1-2H3,(H,21,23)(H,25,26)/t10-,15+/m1/s1. The number of carboxylic acids is 1. The predicted molar refractivity (Wildman–Crippen MR) is 89.1 cm³/mol. The second-order valence-electron chi connectivity index (χ2n) is 6.61. The number of amides is 2. The van der Waals surface area contributed by atoms with E-state index in [2.05, 4.69) is 5.32 Å². The molecule has 0 spiro atoms. The highest BCUT2D eigenvalue weighted by atomic mass is 19.1. The predicted octanol–water partition coefficient (Wildman–Crippen LogP) is 2.24. The van der Waals surface area contributed by atoms with Gasteiger partial charge in [0.2, 0.25) is 11.8 Å². The van der Waals surface area contributed by atoms with Crippen molar-refractivity contribution < 1.29 is 28.3 Å². The van der Waals surface area contributed by atoms with Crippen molar-refractivity contribution in [2.45, 2.75) is 45.2 Å². The number of nitrogens with zero attached hydrogens (tertiary/aromatic N) is 1. The van der Waals surface area contributed by atoms with Crippen LogP contribution in [0.15, 0.2) is 18.2 Å². The van der Waals surface area contributed by atoms with Crippen LogP contribution in [0.4, 0.5) is 8.78 Å². The minimum absolute atomic E-state index is 0.0192. The van der Waals surface area contributed by atoms with E-state index in [9.17, 15) is 23.2 Å². The quantitative estimate of drug-likeness (QED) is 0.737. The molecule has 0 aromatic heterocycles. The highest BCUT2D eigenvalue weighted by Gasteiger charge is 2.36. The lowest BCUT2D eigenvalue weighted by atomic mass is 10.0. The summed E-state index contributed by atoms with van der Waals surface area (Å²) in [7, 11) is 0. The van der Waals surface area contributed by atoms with Crippen molar-refractivity contribution >= 4 is 17.8 Å². The molecule has 2 N–H and O–H groups in total. The average molecular weight is 368 g/mol. The number of aliphatic carboxylic acids is 1. The van der Waals surface area contributed by atoms with Crippen LogP contribution in [0.2, 0.25) is 0 Å². The molecule has 0 bridgehead atoms. The van der Waals surface area contributed by atoms with E-state index in [-0.39, 0.29) is 24.6 Å². The van der Waals surface area contributed by atoms with Crippen molar-refractivity contribution in [3.05, 3.63) is 35.4 Å². The number of carboxylic acid groups (broad SMARTS) is 1. The molecule has 6 nitrogen and oxygen atoms in total. The van der Waals surface area contributed by atoms with E-state index >= 15 is 0 Å². The Bertz CT molecular complexity index is 686. The molecule has 0 heterocycles. The fourth-order valence-corrected chi connectivity index (χ4v) is 2.82. The smallest absolute Gasteiger partial charge is 0.308 e. The third-order valence-electron chi connectivity index (χ3n) is 4.30. The Morgan fingerprint density at radius 1 is 1.27 bits per heavy atom. The van der Waals surface area contributed by atoms with Crippen LogP contribution in [0.5, 0.6) is 0 Å². The largest absolute Gasteiger partial charge is 0.481 e. The number of carbonyl (C=O) groups excluding carboxylic acids is 2. The molecule has 8 heteroatoms. The normalized spacial score (nSPS) is 15.8. The van der Waals surface area contributed by atoms with Gasteiger partial charge in [-0.05, 0) is 25.0 Å². The van der Waals surface area contributed by atoms with E-state index in [0.29, 0.717) is 0 Å². The Morgan fingerprint density at radius 2 is 1.85 bits per heavy atom. The molecular formula is C18H22F2N2O4. The highest BCUT2D eigenvalue weighted by molar-refractivity contribution is 5.80. The molecule has 2 atom stereocenters. The van der Waals surface area contributed by atoms with Crippen LogP contribution < -0.4 is 5.32 Å². The van der Waals surface area contributed by atoms with E-state index in [1.807, 2.05) is 0 Å². The van der Waals surface area contributed by atoms with Gasteiger partial charge in [-0.15, -0.1) is 0 Å². The SMILES string of the molecule is CC(=O)N[C@@H](CC(=O)N(C[C@@H](C)C(=O)O)C1CC1)c1c(F)cccc1F. The minimum atomic E-state index is -1.16. The first kappa shape index (κ1) is 19.8. The number of nitrogens with one attached hydrogen (secondary N) is 1. The fourth-order valence-electron chi connectivity index (χ4n) is 2.82. The number of benzene rings is 1. The van der Waals surface area contributed by atoms with Crippen molar-refractivity contribution in [1.29, 1.82) is 0 Å². The Hall–Kier alpha value is -2.51. The van der Waals surface area contributed by atoms with E-state index < -0.39 is 41.4 Å². The lowest BCUT2D eigenvalue weighted by molar-refractivity contribution is -0.143. The van der Waals surface area contributed by atoms with Crippen molar-refractivity contribution in [3.63, 3.8) is 0 Å². The van der Waals surface area contributed by atoms with Crippen molar-refractivity contribution in [3.8, 4) is 0 Å². The molecule has 1 saturated carbocycles. The molecule has 1 fully saturated rings. The van der Waals surface area contributed by atoms with Gasteiger partial charge in [-0.3, -0.25) is 14.4 Å². The van der Waals surface area contributed by atoms with E-state index in [4.69, 9.17) is 5.11 Å². The molecule has 1 aromatic rings. The van der Waals surface area contributed by atoms with Crippen LogP contribution in [0, 0.1) is 17.6 Å². The summed E-state index contributed by atoms with van der Waals surface area (Å²) in [6.45, 7) is 2.71. The highest BCUT2D eigenvalue weighted by Crippen LogP contribution is 2.31. The number of hydrogen-bond donors (Lipinski definition) is 2. The Balaban J connectivity index is 2.22. The molecular weight excluding hydrogens is 346 g/mol. The van der Waals surface area contributed by atoms with Crippen LogP contribution in [-0.2, 0) is 14.4 Å². The summed E-state index contributed by atoms with van der Waals surface area (Å²) in [5.41, 5.74) is -0.377. The van der Waals surface area contributed by atoms with Gasteiger partial charge in [-0.1, -0.05) is 13.0 Å². The van der Waals surface area contributed by atoms with Crippen LogP contribution in [0.1, 0.15) is 44.7 Å². The maximum absolute atomic E-state index is 14.1. The van der Waals surface area contributed by atoms with E-state index in [1.165, 1.54) is 24.8 Å². The lowest BCUT2D eigenvalue weighted by Crippen LogP contribution is -2.41. The molecule has 26 heavy (non-hydrogen) atoms. The number of carbonyl (C=O) groups is 3. The number of hydrogen-bond acceptors (Lipinski definition) is 3. The van der Waals surface area contributed by atoms with Crippen molar-refractivity contribution in [2.24, 2.45) is 5.92 Å². The zero-order valence-corrected chi connectivity index (χ0v) is 14.7. The Labute approximate surface area is 150 Å². The number of rotatable bonds is 8. The molecule has 0 aliphatic heterocycles. The van der Waals surface area contributed by atoms with Gasteiger partial charge in [0.1, 0.15) is 11.6 Å². The summed E-state index contributed by atoms with van der Waals surface area (Å²) in [4.78, 5) is 36.7. The van der Waals surface area contributed by atoms with Gasteiger partial charge in [0.05, 0.1) is 18.4 Å². The summed E-state index contributed by atoms with van der Waals surface area (Å²) in [5, 5.41) is 11.5. The van der Waals surface area contributed by atoms with E-state index in [1.54, 1.807) is 0 Å². The molecule has 2 rings (SSSR count). The Kier molecular flexibility index (Phi) is 6.28. The third kappa shape index (κ3) is 5.00. The molecule has 1 aromatic carbocycles. The van der Waals surface area contributed by atoms with Crippen LogP contribution in [-0.4, -0.2) is 40.4 Å². The molecule has 2 amide bonds. The summed E-state index contributed by atoms with van der Waals surface area (Å²) in [6, 6.07) is 2.09. The maximum atomic E-state index is 14.1. The average Bonchev–Trinajstić information content (AvgIpc) is 3.35. The summed E-state index contributed by atoms with van der Waals surface area (Å²) in [5.74, 6) is -4.46. The first-order chi connectivity index (χ1) is 12.2. The van der Waals surface area contributed by atoms with Crippen LogP contribution in [0.3, 0.4) is 0 Å². The lowest BCUT2D eigenvalue weighted by Gasteiger charge is -2.27. The summed E-state index contributed by atoms with van der Waals surface area (Å²) in [6.07, 6.45) is 1.17. The van der Waals surface area contributed by atoms with Gasteiger partial charge in [-0.25, -0.2) is 8.78 Å². The van der Waals surface area contributed by atoms with Crippen molar-refractivity contribution in [2.75, 3.05) is 6.54 Å². The monoisotopic (exact) mass is 368 g/mol. The molecule has 0 saturated heterocycles. The van der Waals surface area contributed by atoms with Crippen LogP contribution >= 0.6 is 0 Å². The molecule has 0 unspecified atom stereocenters. The molecule has 142 valence electrons. The fraction of sp³-hybridized carbons (Fsp3) is 0.500. The van der Waals surface area contributed by atoms with E-state index in [0.717, 1.165) is 25.0 Å². The van der Waals surface area contributed by atoms with Gasteiger partial charge in [0.15, 0.2) is 0 Å². The van der Waals surface area contributed by atoms with Gasteiger partial charge in [-0.2, -0.15) is 0 Å². The molecule has 1 aliphatic rings. The second kappa shape index (κ2) is 8.25. The van der Waals surface area contributed by atoms with Gasteiger partial charge in [0, 0.05) is 25.1 Å². The Morgan fingerprint density at radius 3 is 2.31 bits per heavy atom. The number of halogens is 2. The van der Waals surface area contributed by atoms with Crippen molar-refractivity contribution in [1.82, 2.24) is 10.2 Å². The first-order valence-corrected chi connectivity index (χ1v) is 8.44. The van der Waals surface area contributed by atoms with Crippen LogP contribution in [0.25, 0.3) is 0 Å². The molecule has 0 radical (unpaired) electrons. The molecule has 1 aliphatic carbocycles. The summed E-state index contributed by atoms with van der Waals surface area (Å²) < 4.78 is 28.2.